The molecule has 1 aromatic heterocycles. The third kappa shape index (κ3) is 3.85. The second kappa shape index (κ2) is 7.34. The molecule has 1 aliphatic rings. The molecular weight excluding hydrogens is 300 g/mol. The number of hydrogen-bond acceptors (Lipinski definition) is 3. The molecule has 126 valence electrons. The predicted molar refractivity (Wildman–Crippen MR) is 96.1 cm³/mol. The van der Waals surface area contributed by atoms with Crippen molar-refractivity contribution in [2.45, 2.75) is 19.9 Å². The molecule has 0 bridgehead atoms. The number of nitrogens with zero attached hydrogens (tertiary/aromatic N) is 3. The first-order valence-electron chi connectivity index (χ1n) is 8.40. The summed E-state index contributed by atoms with van der Waals surface area (Å²) in [5.74, 6) is 0. The van der Waals surface area contributed by atoms with E-state index in [0.717, 1.165) is 31.7 Å². The highest BCUT2D eigenvalue weighted by atomic mass is 16.2. The molecule has 24 heavy (non-hydrogen) atoms. The van der Waals surface area contributed by atoms with E-state index in [1.165, 1.54) is 11.3 Å². The van der Waals surface area contributed by atoms with Crippen molar-refractivity contribution in [3.63, 3.8) is 0 Å². The number of rotatable bonds is 3. The molecule has 0 spiro atoms. The molecule has 1 fully saturated rings. The number of benzene rings is 1. The maximum Gasteiger partial charge on any atom is 0.317 e. The number of carbonyl (C=O) groups is 1. The quantitative estimate of drug-likeness (QED) is 0.944. The molecule has 0 aliphatic carbocycles. The molecule has 1 atom stereocenters. The second-order valence-corrected chi connectivity index (χ2v) is 6.26. The number of anilines is 1. The number of aromatic nitrogens is 1. The van der Waals surface area contributed by atoms with Gasteiger partial charge in [0.15, 0.2) is 0 Å². The van der Waals surface area contributed by atoms with Gasteiger partial charge in [0.25, 0.3) is 0 Å². The van der Waals surface area contributed by atoms with Crippen LogP contribution >= 0.6 is 0 Å². The molecule has 1 unspecified atom stereocenters. The highest BCUT2D eigenvalue weighted by molar-refractivity contribution is 5.75. The number of aryl methyl sites for hydroxylation is 1. The number of carbonyl (C=O) groups excluding carboxylic acids is 1. The van der Waals surface area contributed by atoms with E-state index in [0.29, 0.717) is 0 Å². The van der Waals surface area contributed by atoms with Crippen molar-refractivity contribution in [1.82, 2.24) is 15.2 Å². The van der Waals surface area contributed by atoms with Gasteiger partial charge in [0.2, 0.25) is 0 Å². The van der Waals surface area contributed by atoms with Crippen LogP contribution in [0.1, 0.15) is 24.1 Å². The van der Waals surface area contributed by atoms with Gasteiger partial charge < -0.3 is 15.1 Å². The highest BCUT2D eigenvalue weighted by Gasteiger charge is 2.22. The van der Waals surface area contributed by atoms with E-state index in [1.54, 1.807) is 12.4 Å². The average molecular weight is 324 g/mol. The fourth-order valence-electron chi connectivity index (χ4n) is 3.00. The molecule has 2 amide bonds. The van der Waals surface area contributed by atoms with Crippen molar-refractivity contribution in [1.29, 1.82) is 0 Å². The van der Waals surface area contributed by atoms with Crippen LogP contribution in [0.3, 0.4) is 0 Å². The van der Waals surface area contributed by atoms with Crippen LogP contribution in [0.4, 0.5) is 10.5 Å². The topological polar surface area (TPSA) is 48.5 Å². The Kier molecular flexibility index (Phi) is 4.99. The van der Waals surface area contributed by atoms with Crippen LogP contribution in [0.2, 0.25) is 0 Å². The van der Waals surface area contributed by atoms with Crippen molar-refractivity contribution < 1.29 is 4.79 Å². The third-order valence-electron chi connectivity index (χ3n) is 4.48. The number of piperazine rings is 1. The van der Waals surface area contributed by atoms with E-state index < -0.39 is 0 Å². The van der Waals surface area contributed by atoms with E-state index in [9.17, 15) is 4.79 Å². The van der Waals surface area contributed by atoms with Gasteiger partial charge in [0.1, 0.15) is 0 Å². The molecule has 1 aromatic carbocycles. The highest BCUT2D eigenvalue weighted by Crippen LogP contribution is 2.18. The van der Waals surface area contributed by atoms with Crippen molar-refractivity contribution in [3.05, 3.63) is 59.9 Å². The number of pyridine rings is 1. The molecule has 3 rings (SSSR count). The average Bonchev–Trinajstić information content (AvgIpc) is 2.62. The van der Waals surface area contributed by atoms with Gasteiger partial charge in [0.05, 0.1) is 6.04 Å². The standard InChI is InChI=1S/C19H24N4O/c1-15-4-3-5-18(14-15)22-10-12-23(13-11-22)19(24)21-16(2)17-6-8-20-9-7-17/h3-9,14,16H,10-13H2,1-2H3,(H,21,24). The van der Waals surface area contributed by atoms with Crippen LogP contribution in [0.25, 0.3) is 0 Å². The van der Waals surface area contributed by atoms with Crippen molar-refractivity contribution in [2.75, 3.05) is 31.1 Å². The Bertz CT molecular complexity index is 681. The van der Waals surface area contributed by atoms with Gasteiger partial charge in [-0.3, -0.25) is 4.98 Å². The fourth-order valence-corrected chi connectivity index (χ4v) is 3.00. The van der Waals surface area contributed by atoms with Crippen LogP contribution in [0.5, 0.6) is 0 Å². The SMILES string of the molecule is Cc1cccc(N2CCN(C(=O)NC(C)c3ccncc3)CC2)c1. The molecule has 0 radical (unpaired) electrons. The number of nitrogens with one attached hydrogen (secondary N) is 1. The summed E-state index contributed by atoms with van der Waals surface area (Å²) in [7, 11) is 0. The molecule has 2 heterocycles. The Hall–Kier alpha value is -2.56. The first kappa shape index (κ1) is 16.3. The summed E-state index contributed by atoms with van der Waals surface area (Å²) >= 11 is 0. The van der Waals surface area contributed by atoms with Crippen LogP contribution in [-0.2, 0) is 0 Å². The van der Waals surface area contributed by atoms with E-state index >= 15 is 0 Å². The molecule has 1 saturated heterocycles. The Balaban J connectivity index is 1.53. The minimum Gasteiger partial charge on any atom is -0.368 e. The van der Waals surface area contributed by atoms with Gasteiger partial charge in [-0.2, -0.15) is 0 Å². The van der Waals surface area contributed by atoms with Gasteiger partial charge in [-0.25, -0.2) is 4.79 Å². The summed E-state index contributed by atoms with van der Waals surface area (Å²) in [5, 5.41) is 3.07. The first-order valence-corrected chi connectivity index (χ1v) is 8.40. The Labute approximate surface area is 143 Å². The maximum absolute atomic E-state index is 12.5. The van der Waals surface area contributed by atoms with Crippen molar-refractivity contribution >= 4 is 11.7 Å². The summed E-state index contributed by atoms with van der Waals surface area (Å²) in [4.78, 5) is 20.7. The van der Waals surface area contributed by atoms with E-state index in [-0.39, 0.29) is 12.1 Å². The number of urea groups is 1. The predicted octanol–water partition coefficient (Wildman–Crippen LogP) is 2.98. The Morgan fingerprint density at radius 2 is 1.83 bits per heavy atom. The summed E-state index contributed by atoms with van der Waals surface area (Å²) in [6.07, 6.45) is 3.50. The van der Waals surface area contributed by atoms with Gasteiger partial charge in [0, 0.05) is 44.3 Å². The fraction of sp³-hybridized carbons (Fsp3) is 0.368. The zero-order valence-corrected chi connectivity index (χ0v) is 14.3. The minimum absolute atomic E-state index is 0.00297. The smallest absolute Gasteiger partial charge is 0.317 e. The molecule has 1 aliphatic heterocycles. The lowest BCUT2D eigenvalue weighted by molar-refractivity contribution is 0.191. The summed E-state index contributed by atoms with van der Waals surface area (Å²) < 4.78 is 0. The van der Waals surface area contributed by atoms with Crippen LogP contribution < -0.4 is 10.2 Å². The van der Waals surface area contributed by atoms with Gasteiger partial charge in [-0.15, -0.1) is 0 Å². The minimum atomic E-state index is -0.0182. The zero-order valence-electron chi connectivity index (χ0n) is 14.3. The molecular formula is C19H24N4O. The normalized spacial score (nSPS) is 15.9. The zero-order chi connectivity index (χ0) is 16.9. The number of amides is 2. The molecule has 5 heteroatoms. The summed E-state index contributed by atoms with van der Waals surface area (Å²) in [6.45, 7) is 7.30. The molecule has 2 aromatic rings. The largest absolute Gasteiger partial charge is 0.368 e. The van der Waals surface area contributed by atoms with Gasteiger partial charge in [-0.1, -0.05) is 12.1 Å². The second-order valence-electron chi connectivity index (χ2n) is 6.26. The van der Waals surface area contributed by atoms with Gasteiger partial charge in [-0.05, 0) is 49.2 Å². The van der Waals surface area contributed by atoms with Gasteiger partial charge >= 0.3 is 6.03 Å². The van der Waals surface area contributed by atoms with Crippen LogP contribution in [0.15, 0.2) is 48.8 Å². The lowest BCUT2D eigenvalue weighted by Gasteiger charge is -2.36. The van der Waals surface area contributed by atoms with E-state index in [1.807, 2.05) is 24.0 Å². The lowest BCUT2D eigenvalue weighted by Crippen LogP contribution is -2.52. The summed E-state index contributed by atoms with van der Waals surface area (Å²) in [6, 6.07) is 12.4. The van der Waals surface area contributed by atoms with Crippen molar-refractivity contribution in [2.24, 2.45) is 0 Å². The van der Waals surface area contributed by atoms with E-state index in [4.69, 9.17) is 0 Å². The van der Waals surface area contributed by atoms with Crippen molar-refractivity contribution in [3.8, 4) is 0 Å². The lowest BCUT2D eigenvalue weighted by atomic mass is 10.1. The summed E-state index contributed by atoms with van der Waals surface area (Å²) in [5.41, 5.74) is 3.57. The van der Waals surface area contributed by atoms with Crippen LogP contribution in [0, 0.1) is 6.92 Å². The molecule has 0 saturated carbocycles. The monoisotopic (exact) mass is 324 g/mol. The Morgan fingerprint density at radius 3 is 2.50 bits per heavy atom. The molecule has 1 N–H and O–H groups in total. The molecule has 5 nitrogen and oxygen atoms in total. The third-order valence-corrected chi connectivity index (χ3v) is 4.48. The van der Waals surface area contributed by atoms with E-state index in [2.05, 4.69) is 46.4 Å². The number of hydrogen-bond donors (Lipinski definition) is 1. The van der Waals surface area contributed by atoms with Crippen LogP contribution in [-0.4, -0.2) is 42.1 Å². The maximum atomic E-state index is 12.5. The first-order chi connectivity index (χ1) is 11.6. The Morgan fingerprint density at radius 1 is 1.12 bits per heavy atom.